The topological polar surface area (TPSA) is 0 Å². The molecule has 0 heterocycles. The number of hydrogen-bond donors (Lipinski definition) is 0. The summed E-state index contributed by atoms with van der Waals surface area (Å²) in [5.41, 5.74) is 7.62. The largest absolute Gasteiger partial charge is 0.120 e. The molecule has 0 bridgehead atoms. The Hall–Kier alpha value is -2.52. The van der Waals surface area contributed by atoms with Gasteiger partial charge in [0, 0.05) is 6.42 Å². The van der Waals surface area contributed by atoms with Gasteiger partial charge in [0.1, 0.15) is 0 Å². The Labute approximate surface area is 155 Å². The molecule has 0 aromatic heterocycles. The van der Waals surface area contributed by atoms with E-state index in [1.807, 2.05) is 26.0 Å². The molecule has 0 aliphatic rings. The van der Waals surface area contributed by atoms with Gasteiger partial charge >= 0.3 is 0 Å². The summed E-state index contributed by atoms with van der Waals surface area (Å²) in [5.74, 6) is 2.60. The van der Waals surface area contributed by atoms with E-state index in [0.29, 0.717) is 6.42 Å². The first-order valence-electron chi connectivity index (χ1n) is 8.65. The molecule has 0 spiro atoms. The van der Waals surface area contributed by atoms with Crippen LogP contribution in [0.3, 0.4) is 0 Å². The zero-order chi connectivity index (χ0) is 19.4. The molecule has 0 aromatic rings. The Bertz CT molecular complexity index is 704. The number of hydrogen-bond acceptors (Lipinski definition) is 0. The Balaban J connectivity index is 5.50. The molecule has 0 saturated carbocycles. The van der Waals surface area contributed by atoms with Crippen LogP contribution in [0.4, 0.5) is 0 Å². The first-order chi connectivity index (χ1) is 11.8. The molecular formula is C25H32. The summed E-state index contributed by atoms with van der Waals surface area (Å²) in [7, 11) is 0. The third kappa shape index (κ3) is 7.73. The van der Waals surface area contributed by atoms with E-state index in [4.69, 9.17) is 6.42 Å². The molecule has 0 atom stereocenters. The molecule has 0 unspecified atom stereocenters. The van der Waals surface area contributed by atoms with Crippen molar-refractivity contribution in [2.24, 2.45) is 0 Å². The van der Waals surface area contributed by atoms with E-state index in [-0.39, 0.29) is 0 Å². The summed E-state index contributed by atoms with van der Waals surface area (Å²) in [4.78, 5) is 0. The summed E-state index contributed by atoms with van der Waals surface area (Å²) in [6.07, 6.45) is 19.1. The van der Waals surface area contributed by atoms with Gasteiger partial charge in [-0.15, -0.1) is 12.3 Å². The molecule has 0 aromatic carbocycles. The second-order valence-electron chi connectivity index (χ2n) is 6.02. The maximum Gasteiger partial charge on any atom is 0.0270 e. The second-order valence-corrected chi connectivity index (χ2v) is 6.02. The van der Waals surface area contributed by atoms with Crippen molar-refractivity contribution in [1.29, 1.82) is 0 Å². The molecule has 132 valence electrons. The van der Waals surface area contributed by atoms with Crippen molar-refractivity contribution in [3.63, 3.8) is 0 Å². The van der Waals surface area contributed by atoms with Crippen LogP contribution >= 0.6 is 0 Å². The number of rotatable bonds is 9. The van der Waals surface area contributed by atoms with Gasteiger partial charge in [0.25, 0.3) is 0 Å². The summed E-state index contributed by atoms with van der Waals surface area (Å²) in [6, 6.07) is 0. The van der Waals surface area contributed by atoms with Crippen LogP contribution in [0.25, 0.3) is 0 Å². The smallest absolute Gasteiger partial charge is 0.0270 e. The molecule has 0 rings (SSSR count). The highest BCUT2D eigenvalue weighted by atomic mass is 14.1. The molecule has 0 heteroatoms. The SMILES string of the molecule is C#CC/C=C\C=C(/CC)C(=C)/C(=C\C)C(=C)/C(C)=C/C=C(/C)C(=C)C. The van der Waals surface area contributed by atoms with Gasteiger partial charge in [-0.3, -0.25) is 0 Å². The van der Waals surface area contributed by atoms with Gasteiger partial charge in [0.2, 0.25) is 0 Å². The van der Waals surface area contributed by atoms with Gasteiger partial charge in [-0.2, -0.15) is 0 Å². The normalized spacial score (nSPS) is 13.8. The summed E-state index contributed by atoms with van der Waals surface area (Å²) in [6.45, 7) is 22.8. The standard InChI is InChI=1S/C25H32/c1-10-13-14-15-16-24(11-2)23(9)25(12-3)22(8)21(7)18-17-20(6)19(4)5/h1,12,14-18H,4,8-9,11,13H2,2-3,5-7H3/b15-14-,20-17-,21-18+,24-16+,25-12-. The van der Waals surface area contributed by atoms with E-state index in [9.17, 15) is 0 Å². The molecule has 0 aliphatic carbocycles. The van der Waals surface area contributed by atoms with Crippen LogP contribution in [-0.2, 0) is 0 Å². The van der Waals surface area contributed by atoms with Gasteiger partial charge in [-0.1, -0.05) is 68.7 Å². The van der Waals surface area contributed by atoms with Crippen molar-refractivity contribution in [1.82, 2.24) is 0 Å². The quantitative estimate of drug-likeness (QED) is 0.304. The summed E-state index contributed by atoms with van der Waals surface area (Å²) < 4.78 is 0. The molecular weight excluding hydrogens is 300 g/mol. The van der Waals surface area contributed by atoms with Gasteiger partial charge in [-0.05, 0) is 67.6 Å². The van der Waals surface area contributed by atoms with Gasteiger partial charge in [0.05, 0.1) is 0 Å². The predicted octanol–water partition coefficient (Wildman–Crippen LogP) is 7.43. The van der Waals surface area contributed by atoms with E-state index in [1.165, 1.54) is 11.1 Å². The van der Waals surface area contributed by atoms with E-state index >= 15 is 0 Å². The van der Waals surface area contributed by atoms with E-state index in [1.54, 1.807) is 0 Å². The van der Waals surface area contributed by atoms with Gasteiger partial charge in [-0.25, -0.2) is 0 Å². The lowest BCUT2D eigenvalue weighted by atomic mass is 9.89. The average molecular weight is 333 g/mol. The molecule has 0 fully saturated rings. The molecule has 0 amide bonds. The van der Waals surface area contributed by atoms with Crippen molar-refractivity contribution >= 4 is 0 Å². The van der Waals surface area contributed by atoms with Crippen molar-refractivity contribution in [3.05, 3.63) is 95.2 Å². The molecule has 0 aliphatic heterocycles. The lowest BCUT2D eigenvalue weighted by molar-refractivity contribution is 1.11. The Morgan fingerprint density at radius 1 is 0.960 bits per heavy atom. The fourth-order valence-corrected chi connectivity index (χ4v) is 2.16. The minimum absolute atomic E-state index is 0.638. The van der Waals surface area contributed by atoms with Crippen LogP contribution in [0.2, 0.25) is 0 Å². The Morgan fingerprint density at radius 2 is 1.56 bits per heavy atom. The number of allylic oxidation sites excluding steroid dienone is 13. The van der Waals surface area contributed by atoms with Gasteiger partial charge in [0.15, 0.2) is 0 Å². The highest BCUT2D eigenvalue weighted by Crippen LogP contribution is 2.29. The lowest BCUT2D eigenvalue weighted by Crippen LogP contribution is -1.97. The Morgan fingerprint density at radius 3 is 2.04 bits per heavy atom. The number of terminal acetylenes is 1. The molecule has 0 saturated heterocycles. The van der Waals surface area contributed by atoms with Crippen LogP contribution in [0.15, 0.2) is 95.2 Å². The molecule has 0 nitrogen and oxygen atoms in total. The molecule has 0 radical (unpaired) electrons. The van der Waals surface area contributed by atoms with Crippen molar-refractivity contribution in [2.75, 3.05) is 0 Å². The highest BCUT2D eigenvalue weighted by Gasteiger charge is 2.10. The average Bonchev–Trinajstić information content (AvgIpc) is 2.59. The van der Waals surface area contributed by atoms with Crippen LogP contribution < -0.4 is 0 Å². The van der Waals surface area contributed by atoms with E-state index < -0.39 is 0 Å². The van der Waals surface area contributed by atoms with Crippen LogP contribution in [0.5, 0.6) is 0 Å². The maximum atomic E-state index is 5.27. The minimum Gasteiger partial charge on any atom is -0.120 e. The third-order valence-corrected chi connectivity index (χ3v) is 4.11. The summed E-state index contributed by atoms with van der Waals surface area (Å²) >= 11 is 0. The zero-order valence-electron chi connectivity index (χ0n) is 16.6. The van der Waals surface area contributed by atoms with Crippen molar-refractivity contribution in [3.8, 4) is 12.3 Å². The maximum absolute atomic E-state index is 5.27. The monoisotopic (exact) mass is 332 g/mol. The summed E-state index contributed by atoms with van der Waals surface area (Å²) in [5, 5.41) is 0. The molecule has 0 N–H and O–H groups in total. The van der Waals surface area contributed by atoms with E-state index in [2.05, 4.69) is 70.7 Å². The highest BCUT2D eigenvalue weighted by molar-refractivity contribution is 5.60. The third-order valence-electron chi connectivity index (χ3n) is 4.11. The van der Waals surface area contributed by atoms with Crippen LogP contribution in [0, 0.1) is 12.3 Å². The molecule has 25 heavy (non-hydrogen) atoms. The van der Waals surface area contributed by atoms with Crippen LogP contribution in [-0.4, -0.2) is 0 Å². The zero-order valence-corrected chi connectivity index (χ0v) is 16.6. The first-order valence-corrected chi connectivity index (χ1v) is 8.65. The van der Waals surface area contributed by atoms with Crippen molar-refractivity contribution in [2.45, 2.75) is 47.5 Å². The fourth-order valence-electron chi connectivity index (χ4n) is 2.16. The second kappa shape index (κ2) is 11.9. The fraction of sp³-hybridized carbons (Fsp3) is 0.280. The van der Waals surface area contributed by atoms with Gasteiger partial charge < -0.3 is 0 Å². The van der Waals surface area contributed by atoms with Crippen molar-refractivity contribution < 1.29 is 0 Å². The van der Waals surface area contributed by atoms with Crippen LogP contribution in [0.1, 0.15) is 47.5 Å². The lowest BCUT2D eigenvalue weighted by Gasteiger charge is -2.16. The Kier molecular flexibility index (Phi) is 10.7. The first kappa shape index (κ1) is 22.5. The predicted molar refractivity (Wildman–Crippen MR) is 115 cm³/mol. The minimum atomic E-state index is 0.638. The van der Waals surface area contributed by atoms with E-state index in [0.717, 1.165) is 34.3 Å².